The molecule has 40 heavy (non-hydrogen) atoms. The van der Waals surface area contributed by atoms with E-state index in [2.05, 4.69) is 21.6 Å². The van der Waals surface area contributed by atoms with Gasteiger partial charge in [0.1, 0.15) is 0 Å². The fourth-order valence-electron chi connectivity index (χ4n) is 5.26. The quantitative estimate of drug-likeness (QED) is 0.407. The molecule has 0 radical (unpaired) electrons. The van der Waals surface area contributed by atoms with Crippen molar-refractivity contribution in [3.8, 4) is 6.07 Å². The van der Waals surface area contributed by atoms with Crippen LogP contribution in [0.25, 0.3) is 0 Å². The molecule has 2 N–H and O–H groups in total. The van der Waals surface area contributed by atoms with E-state index in [1.807, 2.05) is 25.1 Å². The minimum Gasteiger partial charge on any atom is -0.379 e. The molecule has 1 atom stereocenters. The minimum absolute atomic E-state index is 0.211. The number of nitriles is 1. The van der Waals surface area contributed by atoms with Crippen LogP contribution in [0.3, 0.4) is 0 Å². The van der Waals surface area contributed by atoms with Crippen molar-refractivity contribution in [3.05, 3.63) is 75.8 Å². The molecule has 208 valence electrons. The topological polar surface area (TPSA) is 111 Å². The summed E-state index contributed by atoms with van der Waals surface area (Å²) >= 11 is 1.57. The van der Waals surface area contributed by atoms with Gasteiger partial charge in [-0.1, -0.05) is 25.1 Å². The number of fused-ring (bicyclic) bond motifs is 1. The van der Waals surface area contributed by atoms with E-state index in [-0.39, 0.29) is 11.9 Å². The summed E-state index contributed by atoms with van der Waals surface area (Å²) in [4.78, 5) is 36.4. The van der Waals surface area contributed by atoms with E-state index < -0.39 is 0 Å². The molecular weight excluding hydrogens is 524 g/mol. The molecule has 1 aliphatic carbocycles. The second-order valence-electron chi connectivity index (χ2n) is 10.1. The lowest BCUT2D eigenvalue weighted by molar-refractivity contribution is 0.0139. The molecule has 1 aromatic heterocycles. The Balaban J connectivity index is 1.21. The third-order valence-corrected chi connectivity index (χ3v) is 8.32. The SMILES string of the molecule is CCCN(Cc1cccc(C(=O)Nc2nc3c(s2)CC(N2CCOCC2)CC3)c1)C(=O)Nc1cccc(C#N)c1. The number of carbonyl (C=O) groups is 2. The molecule has 1 fully saturated rings. The maximum Gasteiger partial charge on any atom is 0.322 e. The van der Waals surface area contributed by atoms with Gasteiger partial charge in [-0.3, -0.25) is 15.0 Å². The van der Waals surface area contributed by atoms with Gasteiger partial charge >= 0.3 is 6.03 Å². The normalized spacial score (nSPS) is 16.9. The summed E-state index contributed by atoms with van der Waals surface area (Å²) in [7, 11) is 0. The number of nitrogens with one attached hydrogen (secondary N) is 2. The first-order chi connectivity index (χ1) is 19.5. The summed E-state index contributed by atoms with van der Waals surface area (Å²) in [5.74, 6) is -0.211. The number of morpholine rings is 1. The Morgan fingerprint density at radius 2 is 2.00 bits per heavy atom. The van der Waals surface area contributed by atoms with E-state index in [1.165, 1.54) is 4.88 Å². The zero-order chi connectivity index (χ0) is 27.9. The van der Waals surface area contributed by atoms with Crippen molar-refractivity contribution in [2.75, 3.05) is 43.5 Å². The van der Waals surface area contributed by atoms with Gasteiger partial charge in [-0.05, 0) is 61.6 Å². The number of ether oxygens (including phenoxy) is 1. The van der Waals surface area contributed by atoms with Crippen LogP contribution in [0, 0.1) is 11.3 Å². The number of anilines is 2. The summed E-state index contributed by atoms with van der Waals surface area (Å²) in [5, 5.41) is 15.6. The molecule has 3 aromatic rings. The first-order valence-corrected chi connectivity index (χ1v) is 14.6. The van der Waals surface area contributed by atoms with Crippen molar-refractivity contribution in [2.24, 2.45) is 0 Å². The standard InChI is InChI=1S/C30H34N6O3S/c1-2-11-36(30(38)32-24-8-4-5-21(17-24)19-31)20-22-6-3-7-23(16-22)28(37)34-29-33-26-10-9-25(18-27(26)40-29)35-12-14-39-15-13-35/h3-8,16-17,25H,2,9-15,18,20H2,1H3,(H,32,38)(H,33,34,37). The van der Waals surface area contributed by atoms with Crippen molar-refractivity contribution in [3.63, 3.8) is 0 Å². The molecule has 2 aromatic carbocycles. The number of benzene rings is 2. The van der Waals surface area contributed by atoms with Crippen LogP contribution >= 0.6 is 11.3 Å². The zero-order valence-corrected chi connectivity index (χ0v) is 23.5. The summed E-state index contributed by atoms with van der Waals surface area (Å²) in [6.07, 6.45) is 3.76. The lowest BCUT2D eigenvalue weighted by Gasteiger charge is -2.36. The number of rotatable bonds is 8. The van der Waals surface area contributed by atoms with Gasteiger partial charge in [-0.15, -0.1) is 11.3 Å². The number of aromatic nitrogens is 1. The van der Waals surface area contributed by atoms with Crippen LogP contribution in [0.2, 0.25) is 0 Å². The maximum atomic E-state index is 13.2. The van der Waals surface area contributed by atoms with E-state index in [0.29, 0.717) is 41.1 Å². The molecule has 5 rings (SSSR count). The number of nitrogens with zero attached hydrogens (tertiary/aromatic N) is 4. The molecule has 2 heterocycles. The molecule has 2 aliphatic rings. The molecule has 10 heteroatoms. The van der Waals surface area contributed by atoms with Crippen molar-refractivity contribution in [2.45, 2.75) is 45.2 Å². The first-order valence-electron chi connectivity index (χ1n) is 13.8. The Labute approximate surface area is 238 Å². The largest absolute Gasteiger partial charge is 0.379 e. The van der Waals surface area contributed by atoms with E-state index in [0.717, 1.165) is 63.2 Å². The molecule has 1 unspecified atom stereocenters. The van der Waals surface area contributed by atoms with Gasteiger partial charge in [0.05, 0.1) is 30.5 Å². The van der Waals surface area contributed by atoms with Gasteiger partial charge < -0.3 is 15.0 Å². The second kappa shape index (κ2) is 13.0. The fourth-order valence-corrected chi connectivity index (χ4v) is 6.33. The van der Waals surface area contributed by atoms with Gasteiger partial charge in [0.2, 0.25) is 0 Å². The van der Waals surface area contributed by atoms with E-state index >= 15 is 0 Å². The number of hydrogen-bond acceptors (Lipinski definition) is 7. The van der Waals surface area contributed by atoms with E-state index in [4.69, 9.17) is 15.0 Å². The predicted octanol–water partition coefficient (Wildman–Crippen LogP) is 4.90. The summed E-state index contributed by atoms with van der Waals surface area (Å²) < 4.78 is 5.50. The summed E-state index contributed by atoms with van der Waals surface area (Å²) in [5.41, 5.74) is 3.53. The fraction of sp³-hybridized carbons (Fsp3) is 0.400. The van der Waals surface area contributed by atoms with Crippen LogP contribution < -0.4 is 10.6 Å². The van der Waals surface area contributed by atoms with Crippen LogP contribution in [-0.2, 0) is 24.1 Å². The highest BCUT2D eigenvalue weighted by molar-refractivity contribution is 7.15. The zero-order valence-electron chi connectivity index (χ0n) is 22.7. The van der Waals surface area contributed by atoms with Crippen LogP contribution in [0.1, 0.15) is 51.8 Å². The molecule has 1 saturated heterocycles. The average Bonchev–Trinajstić information content (AvgIpc) is 3.39. The van der Waals surface area contributed by atoms with Crippen molar-refractivity contribution in [1.82, 2.24) is 14.8 Å². The van der Waals surface area contributed by atoms with E-state index in [1.54, 1.807) is 46.6 Å². The van der Waals surface area contributed by atoms with Crippen LogP contribution in [0.4, 0.5) is 15.6 Å². The molecule has 0 bridgehead atoms. The van der Waals surface area contributed by atoms with Crippen LogP contribution in [-0.4, -0.2) is 65.6 Å². The predicted molar refractivity (Wildman–Crippen MR) is 156 cm³/mol. The highest BCUT2D eigenvalue weighted by atomic mass is 32.1. The Morgan fingerprint density at radius 3 is 2.80 bits per heavy atom. The summed E-state index contributed by atoms with van der Waals surface area (Å²) in [6, 6.07) is 16.5. The van der Waals surface area contributed by atoms with Gasteiger partial charge in [0.15, 0.2) is 5.13 Å². The highest BCUT2D eigenvalue weighted by Crippen LogP contribution is 2.32. The lowest BCUT2D eigenvalue weighted by atomic mass is 9.96. The second-order valence-corrected chi connectivity index (χ2v) is 11.2. The van der Waals surface area contributed by atoms with E-state index in [9.17, 15) is 9.59 Å². The number of carbonyl (C=O) groups excluding carboxylic acids is 2. The van der Waals surface area contributed by atoms with Crippen LogP contribution in [0.15, 0.2) is 48.5 Å². The van der Waals surface area contributed by atoms with Crippen molar-refractivity contribution < 1.29 is 14.3 Å². The first kappa shape index (κ1) is 27.8. The Morgan fingerprint density at radius 1 is 1.18 bits per heavy atom. The highest BCUT2D eigenvalue weighted by Gasteiger charge is 2.28. The van der Waals surface area contributed by atoms with Crippen molar-refractivity contribution >= 4 is 34.1 Å². The lowest BCUT2D eigenvalue weighted by Crippen LogP contribution is -2.45. The van der Waals surface area contributed by atoms with Gasteiger partial charge in [-0.2, -0.15) is 5.26 Å². The molecular formula is C30H34N6O3S. The monoisotopic (exact) mass is 558 g/mol. The Hall–Kier alpha value is -3.78. The third-order valence-electron chi connectivity index (χ3n) is 7.28. The van der Waals surface area contributed by atoms with Crippen molar-refractivity contribution in [1.29, 1.82) is 5.26 Å². The molecule has 0 spiro atoms. The smallest absolute Gasteiger partial charge is 0.322 e. The minimum atomic E-state index is -0.254. The molecule has 0 saturated carbocycles. The molecule has 3 amide bonds. The average molecular weight is 559 g/mol. The third kappa shape index (κ3) is 6.86. The van der Waals surface area contributed by atoms with Gasteiger partial charge in [-0.25, -0.2) is 9.78 Å². The molecule has 9 nitrogen and oxygen atoms in total. The molecule has 1 aliphatic heterocycles. The number of hydrogen-bond donors (Lipinski definition) is 2. The Bertz CT molecular complexity index is 1390. The number of amides is 3. The maximum absolute atomic E-state index is 13.2. The number of aryl methyl sites for hydroxylation is 1. The van der Waals surface area contributed by atoms with Crippen LogP contribution in [0.5, 0.6) is 0 Å². The Kier molecular flexibility index (Phi) is 9.06. The number of urea groups is 1. The van der Waals surface area contributed by atoms with Gasteiger partial charge in [0.25, 0.3) is 5.91 Å². The van der Waals surface area contributed by atoms with Gasteiger partial charge in [0, 0.05) is 48.3 Å². The summed E-state index contributed by atoms with van der Waals surface area (Å²) in [6.45, 7) is 6.46. The number of thiazole rings is 1.